The number of ether oxygens (including phenoxy) is 1. The van der Waals surface area contributed by atoms with Crippen molar-refractivity contribution >= 4 is 11.6 Å². The smallest absolute Gasteiger partial charge is 0.0510 e. The SMILES string of the molecule is CCCNC(Cc1ccccc1Cl)C1CCOC1. The summed E-state index contributed by atoms with van der Waals surface area (Å²) in [5.41, 5.74) is 1.24. The van der Waals surface area contributed by atoms with Crippen LogP contribution in [0.1, 0.15) is 25.3 Å². The Morgan fingerprint density at radius 3 is 2.94 bits per heavy atom. The van der Waals surface area contributed by atoms with Crippen molar-refractivity contribution < 1.29 is 4.74 Å². The van der Waals surface area contributed by atoms with Gasteiger partial charge in [-0.25, -0.2) is 0 Å². The van der Waals surface area contributed by atoms with Crippen LogP contribution >= 0.6 is 11.6 Å². The molecule has 1 saturated heterocycles. The third-order valence-corrected chi connectivity index (χ3v) is 3.96. The molecule has 0 spiro atoms. The first-order valence-electron chi connectivity index (χ1n) is 6.85. The van der Waals surface area contributed by atoms with Crippen molar-refractivity contribution in [1.82, 2.24) is 5.32 Å². The summed E-state index contributed by atoms with van der Waals surface area (Å²) in [7, 11) is 0. The molecule has 1 aromatic carbocycles. The third-order valence-electron chi connectivity index (χ3n) is 3.59. The normalized spacial score (nSPS) is 21.1. The third kappa shape index (κ3) is 3.71. The van der Waals surface area contributed by atoms with Crippen molar-refractivity contribution in [1.29, 1.82) is 0 Å². The highest BCUT2D eigenvalue weighted by molar-refractivity contribution is 6.31. The molecule has 1 aliphatic heterocycles. The molecule has 3 heteroatoms. The van der Waals surface area contributed by atoms with Crippen molar-refractivity contribution in [3.63, 3.8) is 0 Å². The summed E-state index contributed by atoms with van der Waals surface area (Å²) in [5, 5.41) is 4.52. The lowest BCUT2D eigenvalue weighted by Gasteiger charge is -2.24. The number of hydrogen-bond donors (Lipinski definition) is 1. The van der Waals surface area contributed by atoms with Gasteiger partial charge < -0.3 is 10.1 Å². The Hall–Kier alpha value is -0.570. The molecule has 0 amide bonds. The first-order valence-corrected chi connectivity index (χ1v) is 7.23. The van der Waals surface area contributed by atoms with Crippen LogP contribution in [0.15, 0.2) is 24.3 Å². The van der Waals surface area contributed by atoms with E-state index in [4.69, 9.17) is 16.3 Å². The van der Waals surface area contributed by atoms with Crippen LogP contribution in [0.4, 0.5) is 0 Å². The molecule has 18 heavy (non-hydrogen) atoms. The fourth-order valence-electron chi connectivity index (χ4n) is 2.51. The molecule has 1 heterocycles. The van der Waals surface area contributed by atoms with Crippen molar-refractivity contribution in [2.75, 3.05) is 19.8 Å². The Kier molecular flexibility index (Phi) is 5.48. The Morgan fingerprint density at radius 2 is 2.28 bits per heavy atom. The van der Waals surface area contributed by atoms with Gasteiger partial charge >= 0.3 is 0 Å². The van der Waals surface area contributed by atoms with Crippen LogP contribution < -0.4 is 5.32 Å². The second-order valence-electron chi connectivity index (χ2n) is 4.98. The van der Waals surface area contributed by atoms with Crippen LogP contribution in [0.25, 0.3) is 0 Å². The minimum absolute atomic E-state index is 0.479. The lowest BCUT2D eigenvalue weighted by Crippen LogP contribution is -2.39. The molecule has 0 aromatic heterocycles. The van der Waals surface area contributed by atoms with E-state index >= 15 is 0 Å². The van der Waals surface area contributed by atoms with Gasteiger partial charge in [0.25, 0.3) is 0 Å². The first kappa shape index (κ1) is 13.9. The molecule has 1 aliphatic rings. The van der Waals surface area contributed by atoms with Gasteiger partial charge in [0.2, 0.25) is 0 Å². The largest absolute Gasteiger partial charge is 0.381 e. The summed E-state index contributed by atoms with van der Waals surface area (Å²) in [5.74, 6) is 0.618. The van der Waals surface area contributed by atoms with E-state index in [-0.39, 0.29) is 0 Å². The number of nitrogens with one attached hydrogen (secondary N) is 1. The zero-order valence-electron chi connectivity index (χ0n) is 11.0. The van der Waals surface area contributed by atoms with Crippen LogP contribution in [-0.4, -0.2) is 25.8 Å². The van der Waals surface area contributed by atoms with Gasteiger partial charge in [-0.05, 0) is 37.4 Å². The van der Waals surface area contributed by atoms with E-state index in [1.165, 1.54) is 5.56 Å². The molecule has 0 bridgehead atoms. The van der Waals surface area contributed by atoms with Crippen molar-refractivity contribution in [2.45, 2.75) is 32.2 Å². The van der Waals surface area contributed by atoms with Crippen molar-refractivity contribution in [2.24, 2.45) is 5.92 Å². The second-order valence-corrected chi connectivity index (χ2v) is 5.39. The lowest BCUT2D eigenvalue weighted by molar-refractivity contribution is 0.176. The molecule has 1 fully saturated rings. The van der Waals surface area contributed by atoms with Crippen LogP contribution in [0, 0.1) is 5.92 Å². The molecule has 2 atom stereocenters. The lowest BCUT2D eigenvalue weighted by atomic mass is 9.92. The molecular weight excluding hydrogens is 246 g/mol. The molecule has 2 rings (SSSR count). The Balaban J connectivity index is 2.02. The standard InChI is InChI=1S/C15H22ClNO/c1-2-8-17-15(13-7-9-18-11-13)10-12-5-3-4-6-14(12)16/h3-6,13,15,17H,2,7-11H2,1H3. The summed E-state index contributed by atoms with van der Waals surface area (Å²) in [6.45, 7) is 5.04. The van der Waals surface area contributed by atoms with Gasteiger partial charge in [-0.1, -0.05) is 36.7 Å². The van der Waals surface area contributed by atoms with E-state index < -0.39 is 0 Å². The van der Waals surface area contributed by atoms with Gasteiger partial charge in [0.15, 0.2) is 0 Å². The Bertz CT molecular complexity index is 363. The first-order chi connectivity index (χ1) is 8.81. The molecule has 100 valence electrons. The number of halogens is 1. The molecule has 2 nitrogen and oxygen atoms in total. The second kappa shape index (κ2) is 7.13. The van der Waals surface area contributed by atoms with Gasteiger partial charge in [-0.15, -0.1) is 0 Å². The van der Waals surface area contributed by atoms with Gasteiger partial charge in [-0.3, -0.25) is 0 Å². The highest BCUT2D eigenvalue weighted by atomic mass is 35.5. The van der Waals surface area contributed by atoms with E-state index in [0.29, 0.717) is 12.0 Å². The minimum atomic E-state index is 0.479. The summed E-state index contributed by atoms with van der Waals surface area (Å²) >= 11 is 6.25. The van der Waals surface area contributed by atoms with E-state index in [1.807, 2.05) is 12.1 Å². The van der Waals surface area contributed by atoms with E-state index in [9.17, 15) is 0 Å². The maximum absolute atomic E-state index is 6.25. The van der Waals surface area contributed by atoms with Crippen LogP contribution in [0.3, 0.4) is 0 Å². The number of rotatable bonds is 6. The van der Waals surface area contributed by atoms with Gasteiger partial charge in [-0.2, -0.15) is 0 Å². The van der Waals surface area contributed by atoms with Crippen molar-refractivity contribution in [3.05, 3.63) is 34.9 Å². The highest BCUT2D eigenvalue weighted by Gasteiger charge is 2.25. The van der Waals surface area contributed by atoms with E-state index in [0.717, 1.165) is 44.0 Å². The molecule has 2 unspecified atom stereocenters. The molecule has 1 N–H and O–H groups in total. The van der Waals surface area contributed by atoms with Gasteiger partial charge in [0.1, 0.15) is 0 Å². The number of benzene rings is 1. The molecule has 0 radical (unpaired) electrons. The Morgan fingerprint density at radius 1 is 1.44 bits per heavy atom. The number of hydrogen-bond acceptors (Lipinski definition) is 2. The zero-order valence-corrected chi connectivity index (χ0v) is 11.7. The molecule has 0 saturated carbocycles. The topological polar surface area (TPSA) is 21.3 Å². The fourth-order valence-corrected chi connectivity index (χ4v) is 2.72. The van der Waals surface area contributed by atoms with E-state index in [2.05, 4.69) is 24.4 Å². The maximum Gasteiger partial charge on any atom is 0.0510 e. The summed E-state index contributed by atoms with van der Waals surface area (Å²) in [6.07, 6.45) is 3.31. The molecule has 0 aliphatic carbocycles. The van der Waals surface area contributed by atoms with Gasteiger partial charge in [0, 0.05) is 23.6 Å². The average molecular weight is 268 g/mol. The van der Waals surface area contributed by atoms with Crippen LogP contribution in [0.2, 0.25) is 5.02 Å². The monoisotopic (exact) mass is 267 g/mol. The summed E-state index contributed by atoms with van der Waals surface area (Å²) in [6, 6.07) is 8.62. The average Bonchev–Trinajstić information content (AvgIpc) is 2.90. The maximum atomic E-state index is 6.25. The van der Waals surface area contributed by atoms with Crippen LogP contribution in [0.5, 0.6) is 0 Å². The quantitative estimate of drug-likeness (QED) is 0.854. The highest BCUT2D eigenvalue weighted by Crippen LogP contribution is 2.23. The zero-order chi connectivity index (χ0) is 12.8. The predicted molar refractivity (Wildman–Crippen MR) is 76.2 cm³/mol. The molecular formula is C15H22ClNO. The van der Waals surface area contributed by atoms with Crippen molar-refractivity contribution in [3.8, 4) is 0 Å². The van der Waals surface area contributed by atoms with Crippen LogP contribution in [-0.2, 0) is 11.2 Å². The fraction of sp³-hybridized carbons (Fsp3) is 0.600. The summed E-state index contributed by atoms with van der Waals surface area (Å²) < 4.78 is 5.51. The Labute approximate surface area is 115 Å². The molecule has 1 aromatic rings. The predicted octanol–water partition coefficient (Wildman–Crippen LogP) is 3.29. The van der Waals surface area contributed by atoms with E-state index in [1.54, 1.807) is 0 Å². The van der Waals surface area contributed by atoms with Gasteiger partial charge in [0.05, 0.1) is 6.61 Å². The summed E-state index contributed by atoms with van der Waals surface area (Å²) in [4.78, 5) is 0. The minimum Gasteiger partial charge on any atom is -0.381 e.